The number of para-hydroxylation sites is 1. The van der Waals surface area contributed by atoms with Crippen molar-refractivity contribution in [3.63, 3.8) is 0 Å². The Kier molecular flexibility index (Phi) is 4.27. The average molecular weight is 318 g/mol. The molecule has 2 heterocycles. The van der Waals surface area contributed by atoms with E-state index in [1.807, 2.05) is 28.8 Å². The van der Waals surface area contributed by atoms with E-state index in [2.05, 4.69) is 9.97 Å². The van der Waals surface area contributed by atoms with Gasteiger partial charge < -0.3 is 14.4 Å². The molecule has 0 bridgehead atoms. The van der Waals surface area contributed by atoms with Crippen LogP contribution in [0.25, 0.3) is 22.6 Å². The Morgan fingerprint density at radius 3 is 2.91 bits per heavy atom. The molecule has 0 unspecified atom stereocenters. The molecule has 1 N–H and O–H groups in total. The maximum absolute atomic E-state index is 9.14. The Morgan fingerprint density at radius 2 is 2.14 bits per heavy atom. The van der Waals surface area contributed by atoms with Gasteiger partial charge in [0.25, 0.3) is 0 Å². The summed E-state index contributed by atoms with van der Waals surface area (Å²) in [4.78, 5) is 9.04. The van der Waals surface area contributed by atoms with Crippen LogP contribution in [0.15, 0.2) is 36.5 Å². The SMILES string of the molecule is COc1ccccc1-c1nc2cc(Cl)cnc2n1CCCO. The van der Waals surface area contributed by atoms with Crippen LogP contribution in [0.1, 0.15) is 6.42 Å². The van der Waals surface area contributed by atoms with Crippen molar-refractivity contribution in [2.24, 2.45) is 0 Å². The zero-order valence-corrected chi connectivity index (χ0v) is 12.9. The van der Waals surface area contributed by atoms with Gasteiger partial charge in [-0.15, -0.1) is 0 Å². The second-order valence-corrected chi connectivity index (χ2v) is 5.30. The lowest BCUT2D eigenvalue weighted by Gasteiger charge is -2.10. The minimum atomic E-state index is 0.110. The Labute approximate surface area is 133 Å². The quantitative estimate of drug-likeness (QED) is 0.785. The van der Waals surface area contributed by atoms with E-state index < -0.39 is 0 Å². The van der Waals surface area contributed by atoms with Gasteiger partial charge in [0.15, 0.2) is 5.65 Å². The van der Waals surface area contributed by atoms with Gasteiger partial charge in [0.2, 0.25) is 0 Å². The van der Waals surface area contributed by atoms with Crippen LogP contribution in [0.5, 0.6) is 5.75 Å². The third-order valence-electron chi connectivity index (χ3n) is 3.44. The smallest absolute Gasteiger partial charge is 0.160 e. The minimum Gasteiger partial charge on any atom is -0.496 e. The molecule has 0 fully saturated rings. The van der Waals surface area contributed by atoms with Crippen LogP contribution in [0.4, 0.5) is 0 Å². The molecule has 0 radical (unpaired) electrons. The number of rotatable bonds is 5. The van der Waals surface area contributed by atoms with Crippen molar-refractivity contribution in [2.45, 2.75) is 13.0 Å². The number of ether oxygens (including phenoxy) is 1. The molecule has 0 atom stereocenters. The summed E-state index contributed by atoms with van der Waals surface area (Å²) in [5.74, 6) is 1.50. The maximum Gasteiger partial charge on any atom is 0.160 e. The molecular weight excluding hydrogens is 302 g/mol. The number of pyridine rings is 1. The normalized spacial score (nSPS) is 11.0. The molecule has 0 aliphatic rings. The summed E-state index contributed by atoms with van der Waals surface area (Å²) in [7, 11) is 1.63. The first-order valence-corrected chi connectivity index (χ1v) is 7.38. The molecule has 2 aromatic heterocycles. The summed E-state index contributed by atoms with van der Waals surface area (Å²) in [6, 6.07) is 9.49. The maximum atomic E-state index is 9.14. The standard InChI is InChI=1S/C16H16ClN3O2/c1-22-14-6-3-2-5-12(14)15-19-13-9-11(17)10-18-16(13)20(15)7-4-8-21/h2-3,5-6,9-10,21H,4,7-8H2,1H3. The van der Waals surface area contributed by atoms with Crippen LogP contribution in [0, 0.1) is 0 Å². The number of methoxy groups -OCH3 is 1. The topological polar surface area (TPSA) is 60.2 Å². The lowest BCUT2D eigenvalue weighted by atomic mass is 10.2. The largest absolute Gasteiger partial charge is 0.496 e. The summed E-state index contributed by atoms with van der Waals surface area (Å²) in [6.45, 7) is 0.730. The predicted octanol–water partition coefficient (Wildman–Crippen LogP) is 3.14. The second kappa shape index (κ2) is 6.34. The molecule has 0 aliphatic carbocycles. The first kappa shape index (κ1) is 14.8. The Balaban J connectivity index is 2.22. The number of halogens is 1. The van der Waals surface area contributed by atoms with Gasteiger partial charge in [0.05, 0.1) is 17.7 Å². The molecule has 22 heavy (non-hydrogen) atoms. The highest BCUT2D eigenvalue weighted by Gasteiger charge is 2.16. The number of fused-ring (bicyclic) bond motifs is 1. The van der Waals surface area contributed by atoms with Crippen LogP contribution < -0.4 is 4.74 Å². The molecule has 0 saturated carbocycles. The zero-order chi connectivity index (χ0) is 15.5. The molecule has 0 spiro atoms. The first-order chi connectivity index (χ1) is 10.7. The van der Waals surface area contributed by atoms with Gasteiger partial charge in [-0.2, -0.15) is 0 Å². The third-order valence-corrected chi connectivity index (χ3v) is 3.65. The van der Waals surface area contributed by atoms with Crippen molar-refractivity contribution < 1.29 is 9.84 Å². The predicted molar refractivity (Wildman–Crippen MR) is 86.2 cm³/mol. The zero-order valence-electron chi connectivity index (χ0n) is 12.2. The molecule has 114 valence electrons. The van der Waals surface area contributed by atoms with Crippen molar-refractivity contribution in [1.29, 1.82) is 0 Å². The average Bonchev–Trinajstić information content (AvgIpc) is 2.90. The number of aromatic nitrogens is 3. The number of aryl methyl sites for hydroxylation is 1. The fraction of sp³-hybridized carbons (Fsp3) is 0.250. The van der Waals surface area contributed by atoms with Crippen LogP contribution in [-0.2, 0) is 6.54 Å². The van der Waals surface area contributed by atoms with Crippen LogP contribution in [0.3, 0.4) is 0 Å². The fourth-order valence-electron chi connectivity index (χ4n) is 2.46. The van der Waals surface area contributed by atoms with Crippen LogP contribution in [0.2, 0.25) is 5.02 Å². The van der Waals surface area contributed by atoms with Crippen LogP contribution in [-0.4, -0.2) is 33.4 Å². The summed E-state index contributed by atoms with van der Waals surface area (Å²) in [6.07, 6.45) is 2.23. The molecule has 0 saturated heterocycles. The number of hydrogen-bond acceptors (Lipinski definition) is 4. The highest BCUT2D eigenvalue weighted by Crippen LogP contribution is 2.31. The summed E-state index contributed by atoms with van der Waals surface area (Å²) in [5, 5.41) is 9.69. The highest BCUT2D eigenvalue weighted by molar-refractivity contribution is 6.31. The lowest BCUT2D eigenvalue weighted by Crippen LogP contribution is -2.04. The van der Waals surface area contributed by atoms with E-state index in [4.69, 9.17) is 21.4 Å². The number of aliphatic hydroxyl groups is 1. The fourth-order valence-corrected chi connectivity index (χ4v) is 2.61. The summed E-state index contributed by atoms with van der Waals surface area (Å²) in [5.41, 5.74) is 2.36. The number of hydrogen-bond donors (Lipinski definition) is 1. The van der Waals surface area contributed by atoms with Gasteiger partial charge in [0, 0.05) is 19.3 Å². The third kappa shape index (κ3) is 2.65. The van der Waals surface area contributed by atoms with Crippen LogP contribution >= 0.6 is 11.6 Å². The molecule has 5 nitrogen and oxygen atoms in total. The second-order valence-electron chi connectivity index (χ2n) is 4.86. The lowest BCUT2D eigenvalue weighted by molar-refractivity contribution is 0.280. The number of benzene rings is 1. The van der Waals surface area contributed by atoms with Crippen molar-refractivity contribution in [3.05, 3.63) is 41.6 Å². The van der Waals surface area contributed by atoms with E-state index in [1.54, 1.807) is 19.4 Å². The number of nitrogens with zero attached hydrogens (tertiary/aromatic N) is 3. The minimum absolute atomic E-state index is 0.110. The van der Waals surface area contributed by atoms with Gasteiger partial charge in [-0.05, 0) is 24.6 Å². The first-order valence-electron chi connectivity index (χ1n) is 7.00. The molecule has 1 aromatic carbocycles. The monoisotopic (exact) mass is 317 g/mol. The molecule has 3 aromatic rings. The van der Waals surface area contributed by atoms with Gasteiger partial charge >= 0.3 is 0 Å². The Morgan fingerprint density at radius 1 is 1.32 bits per heavy atom. The van der Waals surface area contributed by atoms with E-state index in [9.17, 15) is 0 Å². The molecular formula is C16H16ClN3O2. The molecule has 6 heteroatoms. The number of aliphatic hydroxyl groups excluding tert-OH is 1. The van der Waals surface area contributed by atoms with Gasteiger partial charge in [-0.1, -0.05) is 23.7 Å². The van der Waals surface area contributed by atoms with E-state index in [0.717, 1.165) is 28.3 Å². The Bertz CT molecular complexity index is 801. The van der Waals surface area contributed by atoms with E-state index >= 15 is 0 Å². The number of imidazole rings is 1. The highest BCUT2D eigenvalue weighted by atomic mass is 35.5. The van der Waals surface area contributed by atoms with Gasteiger partial charge in [-0.25, -0.2) is 9.97 Å². The van der Waals surface area contributed by atoms with Crippen molar-refractivity contribution in [1.82, 2.24) is 14.5 Å². The van der Waals surface area contributed by atoms with E-state index in [1.165, 1.54) is 0 Å². The van der Waals surface area contributed by atoms with Crippen molar-refractivity contribution in [3.8, 4) is 17.1 Å². The summed E-state index contributed by atoms with van der Waals surface area (Å²) >= 11 is 6.01. The van der Waals surface area contributed by atoms with E-state index in [0.29, 0.717) is 18.0 Å². The summed E-state index contributed by atoms with van der Waals surface area (Å²) < 4.78 is 7.42. The molecule has 0 amide bonds. The van der Waals surface area contributed by atoms with E-state index in [-0.39, 0.29) is 6.61 Å². The molecule has 3 rings (SSSR count). The van der Waals surface area contributed by atoms with Crippen molar-refractivity contribution in [2.75, 3.05) is 13.7 Å². The van der Waals surface area contributed by atoms with Crippen molar-refractivity contribution >= 4 is 22.8 Å². The Hall–Kier alpha value is -2.11. The van der Waals surface area contributed by atoms with Gasteiger partial charge in [0.1, 0.15) is 17.1 Å². The molecule has 0 aliphatic heterocycles. The van der Waals surface area contributed by atoms with Gasteiger partial charge in [-0.3, -0.25) is 0 Å².